The molecule has 0 saturated carbocycles. The van der Waals surface area contributed by atoms with E-state index in [0.29, 0.717) is 5.56 Å². The van der Waals surface area contributed by atoms with E-state index in [0.717, 1.165) is 10.4 Å². The number of nitriles is 1. The van der Waals surface area contributed by atoms with E-state index in [1.54, 1.807) is 6.92 Å². The molecule has 8 nitrogen and oxygen atoms in total. The Bertz CT molecular complexity index is 694. The minimum absolute atomic E-state index is 0.0347. The second-order valence-corrected chi connectivity index (χ2v) is 6.24. The molecule has 1 aromatic carbocycles. The van der Waals surface area contributed by atoms with E-state index >= 15 is 0 Å². The molecule has 0 aliphatic rings. The normalized spacial score (nSPS) is 11.3. The third-order valence-electron chi connectivity index (χ3n) is 2.96. The van der Waals surface area contributed by atoms with Gasteiger partial charge in [0.15, 0.2) is 0 Å². The summed E-state index contributed by atoms with van der Waals surface area (Å²) in [5.41, 5.74) is 5.32. The fraction of sp³-hybridized carbons (Fsp3) is 0.417. The summed E-state index contributed by atoms with van der Waals surface area (Å²) in [7, 11) is -3.90. The molecule has 0 aromatic heterocycles. The number of hydrogen-bond donors (Lipinski definition) is 1. The molecule has 0 aliphatic carbocycles. The zero-order chi connectivity index (χ0) is 16.2. The summed E-state index contributed by atoms with van der Waals surface area (Å²) in [5.74, 6) is 0. The van der Waals surface area contributed by atoms with Gasteiger partial charge in [-0.25, -0.2) is 8.42 Å². The van der Waals surface area contributed by atoms with E-state index in [4.69, 9.17) is 11.0 Å². The maximum absolute atomic E-state index is 12.5. The average molecular weight is 312 g/mol. The topological polar surface area (TPSA) is 130 Å². The number of hydrogen-bond acceptors (Lipinski definition) is 6. The number of nitrogens with two attached hydrogens (primary N) is 1. The summed E-state index contributed by atoms with van der Waals surface area (Å²) >= 11 is 0. The highest BCUT2D eigenvalue weighted by Crippen LogP contribution is 2.30. The van der Waals surface area contributed by atoms with Crippen LogP contribution in [0.4, 0.5) is 11.4 Å². The molecule has 0 radical (unpaired) electrons. The molecule has 0 bridgehead atoms. The standard InChI is InChI=1S/C12H16N4O4S/c1-3-15(6-4-5-13)21(19,20)12-8-11(16(17)18)10(14)7-9(12)2/h7-8H,3-4,6,14H2,1-2H3. The van der Waals surface area contributed by atoms with Crippen molar-refractivity contribution in [2.45, 2.75) is 25.2 Å². The molecule has 114 valence electrons. The summed E-state index contributed by atoms with van der Waals surface area (Å²) in [6.45, 7) is 3.36. The molecular formula is C12H16N4O4S. The fourth-order valence-electron chi connectivity index (χ4n) is 1.90. The van der Waals surface area contributed by atoms with Gasteiger partial charge in [0.25, 0.3) is 5.69 Å². The van der Waals surface area contributed by atoms with Gasteiger partial charge in [-0.05, 0) is 18.6 Å². The molecule has 0 unspecified atom stereocenters. The van der Waals surface area contributed by atoms with Gasteiger partial charge in [-0.2, -0.15) is 9.57 Å². The van der Waals surface area contributed by atoms with Crippen molar-refractivity contribution in [2.24, 2.45) is 0 Å². The Morgan fingerprint density at radius 1 is 1.48 bits per heavy atom. The van der Waals surface area contributed by atoms with Crippen LogP contribution in [-0.2, 0) is 10.0 Å². The minimum atomic E-state index is -3.90. The Labute approximate surface area is 123 Å². The number of nitrogen functional groups attached to an aromatic ring is 1. The molecule has 21 heavy (non-hydrogen) atoms. The largest absolute Gasteiger partial charge is 0.393 e. The first-order valence-corrected chi connectivity index (χ1v) is 7.61. The van der Waals surface area contributed by atoms with Crippen LogP contribution in [0.15, 0.2) is 17.0 Å². The first kappa shape index (κ1) is 16.9. The lowest BCUT2D eigenvalue weighted by Crippen LogP contribution is -2.32. The second-order valence-electron chi connectivity index (χ2n) is 4.34. The summed E-state index contributed by atoms with van der Waals surface area (Å²) in [4.78, 5) is 10.0. The monoisotopic (exact) mass is 312 g/mol. The highest BCUT2D eigenvalue weighted by atomic mass is 32.2. The quantitative estimate of drug-likeness (QED) is 0.480. The first-order chi connectivity index (χ1) is 9.75. The van der Waals surface area contributed by atoms with Crippen LogP contribution in [-0.4, -0.2) is 30.7 Å². The number of sulfonamides is 1. The van der Waals surface area contributed by atoms with Crippen molar-refractivity contribution >= 4 is 21.4 Å². The lowest BCUT2D eigenvalue weighted by molar-refractivity contribution is -0.384. The molecular weight excluding hydrogens is 296 g/mol. The van der Waals surface area contributed by atoms with Gasteiger partial charge in [-0.1, -0.05) is 6.92 Å². The van der Waals surface area contributed by atoms with Gasteiger partial charge in [0.2, 0.25) is 10.0 Å². The molecule has 9 heteroatoms. The number of anilines is 1. The van der Waals surface area contributed by atoms with E-state index in [9.17, 15) is 18.5 Å². The Morgan fingerprint density at radius 2 is 2.10 bits per heavy atom. The summed E-state index contributed by atoms with van der Waals surface area (Å²) in [6, 6.07) is 4.11. The highest BCUT2D eigenvalue weighted by molar-refractivity contribution is 7.89. The van der Waals surface area contributed by atoms with E-state index in [-0.39, 0.29) is 30.1 Å². The van der Waals surface area contributed by atoms with Gasteiger partial charge in [0.05, 0.1) is 15.9 Å². The van der Waals surface area contributed by atoms with Crippen molar-refractivity contribution in [3.05, 3.63) is 27.8 Å². The molecule has 0 atom stereocenters. The Hall–Kier alpha value is -2.18. The molecule has 1 aromatic rings. The van der Waals surface area contributed by atoms with Crippen LogP contribution in [0.2, 0.25) is 0 Å². The number of nitro benzene ring substituents is 1. The van der Waals surface area contributed by atoms with Gasteiger partial charge in [-0.15, -0.1) is 0 Å². The Kier molecular flexibility index (Phi) is 5.23. The second kappa shape index (κ2) is 6.51. The van der Waals surface area contributed by atoms with E-state index in [1.807, 2.05) is 6.07 Å². The summed E-state index contributed by atoms with van der Waals surface area (Å²) < 4.78 is 26.2. The Morgan fingerprint density at radius 3 is 2.57 bits per heavy atom. The third-order valence-corrected chi connectivity index (χ3v) is 5.08. The first-order valence-electron chi connectivity index (χ1n) is 6.17. The number of rotatable bonds is 6. The molecule has 0 heterocycles. The van der Waals surface area contributed by atoms with Crippen molar-refractivity contribution in [3.63, 3.8) is 0 Å². The number of benzene rings is 1. The van der Waals surface area contributed by atoms with Gasteiger partial charge in [0, 0.05) is 25.6 Å². The van der Waals surface area contributed by atoms with Crippen molar-refractivity contribution in [2.75, 3.05) is 18.8 Å². The molecule has 1 rings (SSSR count). The summed E-state index contributed by atoms with van der Waals surface area (Å²) in [5, 5.41) is 19.5. The van der Waals surface area contributed by atoms with Gasteiger partial charge >= 0.3 is 0 Å². The van der Waals surface area contributed by atoms with Crippen LogP contribution in [0.5, 0.6) is 0 Å². The number of aryl methyl sites for hydroxylation is 1. The summed E-state index contributed by atoms with van der Waals surface area (Å²) in [6.07, 6.45) is 0.0448. The third kappa shape index (κ3) is 3.48. The molecule has 0 aliphatic heterocycles. The number of nitrogens with zero attached hydrogens (tertiary/aromatic N) is 3. The van der Waals surface area contributed by atoms with Crippen LogP contribution in [0.3, 0.4) is 0 Å². The molecule has 0 fully saturated rings. The van der Waals surface area contributed by atoms with Gasteiger partial charge in [0.1, 0.15) is 5.69 Å². The van der Waals surface area contributed by atoms with Crippen molar-refractivity contribution < 1.29 is 13.3 Å². The SMILES string of the molecule is CCN(CCC#N)S(=O)(=O)c1cc([N+](=O)[O-])c(N)cc1C. The maximum atomic E-state index is 12.5. The average Bonchev–Trinajstić information content (AvgIpc) is 2.38. The lowest BCUT2D eigenvalue weighted by Gasteiger charge is -2.20. The van der Waals surface area contributed by atoms with Crippen LogP contribution in [0, 0.1) is 28.4 Å². The van der Waals surface area contributed by atoms with Crippen molar-refractivity contribution in [1.82, 2.24) is 4.31 Å². The van der Waals surface area contributed by atoms with E-state index in [2.05, 4.69) is 0 Å². The maximum Gasteiger partial charge on any atom is 0.293 e. The van der Waals surface area contributed by atoms with Gasteiger partial charge < -0.3 is 5.73 Å². The van der Waals surface area contributed by atoms with E-state index < -0.39 is 20.6 Å². The van der Waals surface area contributed by atoms with Crippen molar-refractivity contribution in [1.29, 1.82) is 5.26 Å². The highest BCUT2D eigenvalue weighted by Gasteiger charge is 2.27. The molecule has 0 saturated heterocycles. The van der Waals surface area contributed by atoms with Gasteiger partial charge in [-0.3, -0.25) is 10.1 Å². The zero-order valence-corrected chi connectivity index (χ0v) is 12.6. The smallest absolute Gasteiger partial charge is 0.293 e. The molecule has 0 spiro atoms. The van der Waals surface area contributed by atoms with Crippen LogP contribution < -0.4 is 5.73 Å². The predicted octanol–water partition coefficient (Wildman–Crippen LogP) is 1.41. The molecule has 0 amide bonds. The van der Waals surface area contributed by atoms with Crippen LogP contribution in [0.1, 0.15) is 18.9 Å². The predicted molar refractivity (Wildman–Crippen MR) is 76.9 cm³/mol. The zero-order valence-electron chi connectivity index (χ0n) is 11.7. The fourth-order valence-corrected chi connectivity index (χ4v) is 3.57. The minimum Gasteiger partial charge on any atom is -0.393 e. The molecule has 2 N–H and O–H groups in total. The van der Waals surface area contributed by atoms with Crippen LogP contribution >= 0.6 is 0 Å². The lowest BCUT2D eigenvalue weighted by atomic mass is 10.2. The Balaban J connectivity index is 3.40. The number of nitro groups is 1. The van der Waals surface area contributed by atoms with E-state index in [1.165, 1.54) is 13.0 Å². The van der Waals surface area contributed by atoms with Crippen molar-refractivity contribution in [3.8, 4) is 6.07 Å². The van der Waals surface area contributed by atoms with Crippen LogP contribution in [0.25, 0.3) is 0 Å².